The van der Waals surface area contributed by atoms with E-state index in [2.05, 4.69) is 5.32 Å². The maximum atomic E-state index is 15.6. The third kappa shape index (κ3) is 5.22. The molecule has 2 aliphatic heterocycles. The quantitative estimate of drug-likeness (QED) is 0.343. The molecule has 0 saturated carbocycles. The van der Waals surface area contributed by atoms with E-state index >= 15 is 4.39 Å². The summed E-state index contributed by atoms with van der Waals surface area (Å²) in [6.45, 7) is 13.2. The lowest BCUT2D eigenvalue weighted by Crippen LogP contribution is -2.39. The summed E-state index contributed by atoms with van der Waals surface area (Å²) in [5.41, 5.74) is 3.46. The number of rotatable bonds is 5. The van der Waals surface area contributed by atoms with Gasteiger partial charge in [-0.2, -0.15) is 0 Å². The number of ether oxygens (including phenoxy) is 2. The Balaban J connectivity index is 1.92. The van der Waals surface area contributed by atoms with Crippen LogP contribution in [0.1, 0.15) is 63.0 Å². The lowest BCUT2D eigenvalue weighted by Gasteiger charge is -2.37. The molecule has 10 heteroatoms. The molecular weight excluding hydrogens is 559 g/mol. The number of carbonyl (C=O) groups is 1. The van der Waals surface area contributed by atoms with Crippen molar-refractivity contribution < 1.29 is 32.2 Å². The first-order valence-electron chi connectivity index (χ1n) is 13.8. The van der Waals surface area contributed by atoms with E-state index in [1.165, 1.54) is 10.4 Å². The second-order valence-electron chi connectivity index (χ2n) is 12.7. The lowest BCUT2D eigenvalue weighted by molar-refractivity contribution is -0.160. The minimum absolute atomic E-state index is 0.0776. The van der Waals surface area contributed by atoms with Gasteiger partial charge in [-0.25, -0.2) is 17.6 Å². The number of carboxylic acids is 1. The number of fused-ring (bicyclic) bond motifs is 4. The molecule has 0 aromatic heterocycles. The topological polar surface area (TPSA) is 105 Å². The number of carboxylic acid groups (broad SMARTS) is 1. The molecule has 2 heterocycles. The zero-order valence-corrected chi connectivity index (χ0v) is 26.0. The van der Waals surface area contributed by atoms with Gasteiger partial charge in [0.1, 0.15) is 17.2 Å². The van der Waals surface area contributed by atoms with Gasteiger partial charge in [-0.15, -0.1) is 0 Å². The predicted octanol–water partition coefficient (Wildman–Crippen LogP) is 6.58. The summed E-state index contributed by atoms with van der Waals surface area (Å²) in [7, 11) is -3.84. The molecule has 5 rings (SSSR count). The molecule has 3 aromatic carbocycles. The normalized spacial score (nSPS) is 16.5. The molecule has 0 saturated heterocycles. The highest BCUT2D eigenvalue weighted by Gasteiger charge is 2.39. The molecule has 2 aliphatic rings. The standard InChI is InChI=1S/C32H37FN2O6S/c1-17-24(19-12-13-23-22(14-19)34-16-32(6,7)40-23)26(29(30(36)37)41-31(3,4)5)18(2)28-25(17)27-20(10-9-11-21(27)33)15-35(28)42(8,38)39/h9-14,29,34H,15-16H2,1-8H3,(H,36,37)/t29-/m0/s1. The molecule has 0 amide bonds. The van der Waals surface area contributed by atoms with Crippen LogP contribution in [-0.4, -0.2) is 43.5 Å². The third-order valence-corrected chi connectivity index (χ3v) is 8.76. The van der Waals surface area contributed by atoms with Crippen LogP contribution in [0.15, 0.2) is 36.4 Å². The molecule has 0 fully saturated rings. The van der Waals surface area contributed by atoms with Crippen LogP contribution in [0.4, 0.5) is 15.8 Å². The fraction of sp³-hybridized carbons (Fsp3) is 0.406. The number of halogens is 1. The molecule has 2 N–H and O–H groups in total. The Kier molecular flexibility index (Phi) is 7.09. The molecular formula is C32H37FN2O6S. The highest BCUT2D eigenvalue weighted by Crippen LogP contribution is 2.52. The van der Waals surface area contributed by atoms with E-state index in [9.17, 15) is 18.3 Å². The molecule has 224 valence electrons. The Morgan fingerprint density at radius 1 is 1.12 bits per heavy atom. The minimum Gasteiger partial charge on any atom is -0.484 e. The van der Waals surface area contributed by atoms with Crippen LogP contribution in [0, 0.1) is 19.7 Å². The average Bonchev–Trinajstić information content (AvgIpc) is 2.86. The molecule has 8 nitrogen and oxygen atoms in total. The van der Waals surface area contributed by atoms with E-state index in [0.29, 0.717) is 56.8 Å². The number of sulfonamides is 1. The summed E-state index contributed by atoms with van der Waals surface area (Å²) in [4.78, 5) is 12.9. The Hall–Kier alpha value is -3.63. The fourth-order valence-electron chi connectivity index (χ4n) is 5.96. The molecule has 0 unspecified atom stereocenters. The van der Waals surface area contributed by atoms with Crippen LogP contribution in [0.3, 0.4) is 0 Å². The summed E-state index contributed by atoms with van der Waals surface area (Å²) in [6.07, 6.45) is -0.341. The first kappa shape index (κ1) is 29.8. The van der Waals surface area contributed by atoms with Crippen molar-refractivity contribution in [1.82, 2.24) is 0 Å². The van der Waals surface area contributed by atoms with E-state index in [1.807, 2.05) is 32.0 Å². The molecule has 3 aromatic rings. The van der Waals surface area contributed by atoms with Gasteiger partial charge in [0.2, 0.25) is 10.0 Å². The predicted molar refractivity (Wildman–Crippen MR) is 162 cm³/mol. The van der Waals surface area contributed by atoms with E-state index in [4.69, 9.17) is 9.47 Å². The van der Waals surface area contributed by atoms with Gasteiger partial charge in [-0.1, -0.05) is 18.2 Å². The Morgan fingerprint density at radius 2 is 1.81 bits per heavy atom. The van der Waals surface area contributed by atoms with Gasteiger partial charge in [-0.05, 0) is 94.5 Å². The smallest absolute Gasteiger partial charge is 0.337 e. The maximum Gasteiger partial charge on any atom is 0.337 e. The molecule has 42 heavy (non-hydrogen) atoms. The third-order valence-electron chi connectivity index (χ3n) is 7.65. The molecule has 1 atom stereocenters. The van der Waals surface area contributed by atoms with Gasteiger partial charge in [0, 0.05) is 16.7 Å². The highest BCUT2D eigenvalue weighted by atomic mass is 32.2. The van der Waals surface area contributed by atoms with Crippen molar-refractivity contribution in [2.75, 3.05) is 22.4 Å². The lowest BCUT2D eigenvalue weighted by atomic mass is 9.80. The molecule has 0 spiro atoms. The van der Waals surface area contributed by atoms with Gasteiger partial charge in [0.05, 0.1) is 36.3 Å². The van der Waals surface area contributed by atoms with Gasteiger partial charge in [-0.3, -0.25) is 4.31 Å². The van der Waals surface area contributed by atoms with E-state index in [0.717, 1.165) is 11.9 Å². The zero-order chi connectivity index (χ0) is 30.9. The summed E-state index contributed by atoms with van der Waals surface area (Å²) < 4.78 is 55.5. The molecule has 0 aliphatic carbocycles. The van der Waals surface area contributed by atoms with Crippen LogP contribution in [0.25, 0.3) is 22.3 Å². The van der Waals surface area contributed by atoms with Crippen LogP contribution in [0.2, 0.25) is 0 Å². The van der Waals surface area contributed by atoms with Crippen molar-refractivity contribution in [3.05, 3.63) is 64.5 Å². The van der Waals surface area contributed by atoms with E-state index in [-0.39, 0.29) is 12.2 Å². The van der Waals surface area contributed by atoms with Crippen molar-refractivity contribution >= 4 is 27.4 Å². The van der Waals surface area contributed by atoms with Crippen molar-refractivity contribution in [1.29, 1.82) is 0 Å². The number of hydrogen-bond donors (Lipinski definition) is 2. The second-order valence-corrected chi connectivity index (χ2v) is 14.6. The number of hydrogen-bond acceptors (Lipinski definition) is 6. The fourth-order valence-corrected chi connectivity index (χ4v) is 6.90. The first-order valence-corrected chi connectivity index (χ1v) is 15.6. The van der Waals surface area contributed by atoms with Crippen molar-refractivity contribution in [2.45, 2.75) is 72.3 Å². The summed E-state index contributed by atoms with van der Waals surface area (Å²) in [5, 5.41) is 13.9. The van der Waals surface area contributed by atoms with Crippen LogP contribution < -0.4 is 14.4 Å². The SMILES string of the molecule is Cc1c(-c2ccc3c(c2)NCC(C)(C)O3)c([C@H](OC(C)(C)C)C(=O)O)c(C)c2c1-c1c(F)cccc1CN2S(C)(=O)=O. The maximum absolute atomic E-state index is 15.6. The van der Waals surface area contributed by atoms with Gasteiger partial charge >= 0.3 is 5.97 Å². The zero-order valence-electron chi connectivity index (χ0n) is 25.2. The number of anilines is 2. The largest absolute Gasteiger partial charge is 0.484 e. The Bertz CT molecular complexity index is 1730. The number of aliphatic carboxylic acids is 1. The average molecular weight is 597 g/mol. The van der Waals surface area contributed by atoms with Crippen LogP contribution >= 0.6 is 0 Å². The Morgan fingerprint density at radius 3 is 2.43 bits per heavy atom. The Labute approximate surface area is 246 Å². The van der Waals surface area contributed by atoms with Crippen molar-refractivity contribution in [3.63, 3.8) is 0 Å². The number of nitrogens with zero attached hydrogens (tertiary/aromatic N) is 1. The van der Waals surface area contributed by atoms with Gasteiger partial charge in [0.25, 0.3) is 0 Å². The number of nitrogens with one attached hydrogen (secondary N) is 1. The summed E-state index contributed by atoms with van der Waals surface area (Å²) in [6, 6.07) is 10.2. The van der Waals surface area contributed by atoms with Crippen molar-refractivity contribution in [3.8, 4) is 28.0 Å². The van der Waals surface area contributed by atoms with E-state index < -0.39 is 39.1 Å². The summed E-state index contributed by atoms with van der Waals surface area (Å²) in [5.74, 6) is -1.04. The van der Waals surface area contributed by atoms with Crippen LogP contribution in [0.5, 0.6) is 5.75 Å². The molecule has 0 bridgehead atoms. The second kappa shape index (κ2) is 9.98. The van der Waals surface area contributed by atoms with Gasteiger partial charge in [0.15, 0.2) is 6.10 Å². The van der Waals surface area contributed by atoms with Gasteiger partial charge < -0.3 is 19.9 Å². The van der Waals surface area contributed by atoms with Crippen LogP contribution in [-0.2, 0) is 26.1 Å². The van der Waals surface area contributed by atoms with Crippen molar-refractivity contribution in [2.24, 2.45) is 0 Å². The van der Waals surface area contributed by atoms with E-state index in [1.54, 1.807) is 46.8 Å². The molecule has 0 radical (unpaired) electrons. The first-order chi connectivity index (χ1) is 19.4. The highest BCUT2D eigenvalue weighted by molar-refractivity contribution is 7.92. The number of benzene rings is 3. The summed E-state index contributed by atoms with van der Waals surface area (Å²) >= 11 is 0. The monoisotopic (exact) mass is 596 g/mol. The minimum atomic E-state index is -3.84.